The van der Waals surface area contributed by atoms with Crippen LogP contribution in [-0.4, -0.2) is 6.54 Å². The fourth-order valence-electron chi connectivity index (χ4n) is 2.45. The van der Waals surface area contributed by atoms with Crippen LogP contribution in [0.3, 0.4) is 0 Å². The molecule has 0 aromatic rings. The van der Waals surface area contributed by atoms with Crippen molar-refractivity contribution in [3.63, 3.8) is 0 Å². The SMILES string of the molecule is CCC.CCCCCCCC(CN)CCCCCCC. The molecule has 2 N–H and O–H groups in total. The molecular weight excluding hydrogens is 242 g/mol. The second kappa shape index (κ2) is 21.3. The van der Waals surface area contributed by atoms with E-state index in [1.807, 2.05) is 0 Å². The van der Waals surface area contributed by atoms with Crippen molar-refractivity contribution in [1.29, 1.82) is 0 Å². The van der Waals surface area contributed by atoms with Crippen LogP contribution in [0.4, 0.5) is 0 Å². The first-order valence-electron chi connectivity index (χ1n) is 9.46. The van der Waals surface area contributed by atoms with Gasteiger partial charge in [0.05, 0.1) is 0 Å². The Hall–Kier alpha value is -0.0400. The van der Waals surface area contributed by atoms with Gasteiger partial charge in [0.1, 0.15) is 0 Å². The van der Waals surface area contributed by atoms with Crippen molar-refractivity contribution in [1.82, 2.24) is 0 Å². The van der Waals surface area contributed by atoms with Crippen LogP contribution < -0.4 is 5.73 Å². The molecule has 0 aromatic heterocycles. The van der Waals surface area contributed by atoms with Crippen LogP contribution in [0.25, 0.3) is 0 Å². The van der Waals surface area contributed by atoms with E-state index in [-0.39, 0.29) is 0 Å². The summed E-state index contributed by atoms with van der Waals surface area (Å²) in [5, 5.41) is 0. The Kier molecular flexibility index (Phi) is 23.6. The summed E-state index contributed by atoms with van der Waals surface area (Å²) >= 11 is 0. The number of nitrogens with two attached hydrogens (primary N) is 1. The van der Waals surface area contributed by atoms with Crippen LogP contribution in [0.5, 0.6) is 0 Å². The highest BCUT2D eigenvalue weighted by Gasteiger charge is 2.05. The Bertz CT molecular complexity index is 131. The molecule has 0 amide bonds. The molecule has 0 aliphatic rings. The van der Waals surface area contributed by atoms with Crippen molar-refractivity contribution in [2.24, 2.45) is 11.7 Å². The molecule has 124 valence electrons. The predicted octanol–water partition coefficient (Wildman–Crippen LogP) is 6.70. The van der Waals surface area contributed by atoms with Gasteiger partial charge in [0.15, 0.2) is 0 Å². The van der Waals surface area contributed by atoms with Gasteiger partial charge >= 0.3 is 0 Å². The molecule has 0 bridgehead atoms. The van der Waals surface area contributed by atoms with E-state index in [0.29, 0.717) is 0 Å². The second-order valence-electron chi connectivity index (χ2n) is 6.21. The lowest BCUT2D eigenvalue weighted by Crippen LogP contribution is -2.14. The number of hydrogen-bond donors (Lipinski definition) is 1. The normalized spacial score (nSPS) is 10.5. The fraction of sp³-hybridized carbons (Fsp3) is 1.00. The smallest absolute Gasteiger partial charge is 0.00489 e. The molecule has 1 heteroatoms. The molecule has 0 heterocycles. The summed E-state index contributed by atoms with van der Waals surface area (Å²) in [7, 11) is 0. The third kappa shape index (κ3) is 20.3. The molecule has 0 fully saturated rings. The van der Waals surface area contributed by atoms with Crippen molar-refractivity contribution in [2.45, 2.75) is 111 Å². The number of unbranched alkanes of at least 4 members (excludes halogenated alkanes) is 8. The van der Waals surface area contributed by atoms with Gasteiger partial charge in [-0.25, -0.2) is 0 Å². The van der Waals surface area contributed by atoms with Gasteiger partial charge in [-0.1, -0.05) is 98.3 Å². The molecule has 0 radical (unpaired) electrons. The highest BCUT2D eigenvalue weighted by molar-refractivity contribution is 4.61. The lowest BCUT2D eigenvalue weighted by Gasteiger charge is -2.14. The first-order valence-corrected chi connectivity index (χ1v) is 9.46. The Morgan fingerprint density at radius 1 is 0.600 bits per heavy atom. The average molecular weight is 286 g/mol. The van der Waals surface area contributed by atoms with E-state index in [2.05, 4.69) is 27.7 Å². The molecule has 0 atom stereocenters. The van der Waals surface area contributed by atoms with E-state index < -0.39 is 0 Å². The standard InChI is InChI=1S/C16H35N.C3H8/c1-3-5-7-9-11-13-16(15-17)14-12-10-8-6-4-2;1-3-2/h16H,3-15,17H2,1-2H3;3H2,1-2H3. The van der Waals surface area contributed by atoms with E-state index in [9.17, 15) is 0 Å². The van der Waals surface area contributed by atoms with Gasteiger partial charge in [-0.2, -0.15) is 0 Å². The van der Waals surface area contributed by atoms with Crippen molar-refractivity contribution < 1.29 is 0 Å². The fourth-order valence-corrected chi connectivity index (χ4v) is 2.45. The highest BCUT2D eigenvalue weighted by atomic mass is 14.5. The zero-order valence-electron chi connectivity index (χ0n) is 15.1. The first kappa shape index (κ1) is 22.2. The molecule has 0 spiro atoms. The van der Waals surface area contributed by atoms with E-state index >= 15 is 0 Å². The van der Waals surface area contributed by atoms with Gasteiger partial charge < -0.3 is 5.73 Å². The van der Waals surface area contributed by atoms with Crippen LogP contribution in [0.15, 0.2) is 0 Å². The third-order valence-corrected chi connectivity index (χ3v) is 3.77. The molecule has 1 nitrogen and oxygen atoms in total. The summed E-state index contributed by atoms with van der Waals surface area (Å²) in [5.41, 5.74) is 5.85. The van der Waals surface area contributed by atoms with Crippen molar-refractivity contribution in [3.05, 3.63) is 0 Å². The molecule has 20 heavy (non-hydrogen) atoms. The molecular formula is C19H43N. The quantitative estimate of drug-likeness (QED) is 0.374. The van der Waals surface area contributed by atoms with Gasteiger partial charge in [0.2, 0.25) is 0 Å². The zero-order chi connectivity index (χ0) is 15.5. The van der Waals surface area contributed by atoms with Crippen LogP contribution >= 0.6 is 0 Å². The largest absolute Gasteiger partial charge is 0.330 e. The molecule has 0 aliphatic carbocycles. The summed E-state index contributed by atoms with van der Waals surface area (Å²) in [6.45, 7) is 9.71. The first-order chi connectivity index (χ1) is 9.76. The van der Waals surface area contributed by atoms with Gasteiger partial charge in [-0.3, -0.25) is 0 Å². The molecule has 0 aliphatic heterocycles. The van der Waals surface area contributed by atoms with Gasteiger partial charge in [0, 0.05) is 0 Å². The summed E-state index contributed by atoms with van der Waals surface area (Å²) in [4.78, 5) is 0. The number of rotatable bonds is 13. The third-order valence-electron chi connectivity index (χ3n) is 3.77. The minimum absolute atomic E-state index is 0.804. The Morgan fingerprint density at radius 3 is 1.25 bits per heavy atom. The maximum Gasteiger partial charge on any atom is -0.00489 e. The van der Waals surface area contributed by atoms with Gasteiger partial charge in [0.25, 0.3) is 0 Å². The molecule has 0 saturated heterocycles. The minimum atomic E-state index is 0.804. The monoisotopic (exact) mass is 285 g/mol. The van der Waals surface area contributed by atoms with Crippen LogP contribution in [-0.2, 0) is 0 Å². The summed E-state index contributed by atoms with van der Waals surface area (Å²) in [5.74, 6) is 0.804. The lowest BCUT2D eigenvalue weighted by atomic mass is 9.94. The number of hydrogen-bond acceptors (Lipinski definition) is 1. The van der Waals surface area contributed by atoms with Gasteiger partial charge in [-0.05, 0) is 25.3 Å². The topological polar surface area (TPSA) is 26.0 Å². The van der Waals surface area contributed by atoms with Crippen LogP contribution in [0, 0.1) is 5.92 Å². The Labute approximate surface area is 130 Å². The molecule has 0 aromatic carbocycles. The van der Waals surface area contributed by atoms with E-state index in [0.717, 1.165) is 12.5 Å². The summed E-state index contributed by atoms with van der Waals surface area (Å²) in [6, 6.07) is 0. The lowest BCUT2D eigenvalue weighted by molar-refractivity contribution is 0.412. The molecule has 0 saturated carbocycles. The zero-order valence-corrected chi connectivity index (χ0v) is 15.1. The van der Waals surface area contributed by atoms with Crippen molar-refractivity contribution in [3.8, 4) is 0 Å². The predicted molar refractivity (Wildman–Crippen MR) is 95.3 cm³/mol. The van der Waals surface area contributed by atoms with E-state index in [4.69, 9.17) is 5.73 Å². The van der Waals surface area contributed by atoms with Gasteiger partial charge in [-0.15, -0.1) is 0 Å². The maximum absolute atomic E-state index is 5.85. The van der Waals surface area contributed by atoms with Crippen molar-refractivity contribution >= 4 is 0 Å². The minimum Gasteiger partial charge on any atom is -0.330 e. The highest BCUT2D eigenvalue weighted by Crippen LogP contribution is 2.17. The molecule has 0 unspecified atom stereocenters. The average Bonchev–Trinajstić information content (AvgIpc) is 2.45. The summed E-state index contributed by atoms with van der Waals surface area (Å²) < 4.78 is 0. The second-order valence-corrected chi connectivity index (χ2v) is 6.21. The Balaban J connectivity index is 0. The van der Waals surface area contributed by atoms with E-state index in [1.165, 1.54) is 83.5 Å². The van der Waals surface area contributed by atoms with Crippen LogP contribution in [0.1, 0.15) is 111 Å². The molecule has 0 rings (SSSR count). The van der Waals surface area contributed by atoms with E-state index in [1.54, 1.807) is 0 Å². The summed E-state index contributed by atoms with van der Waals surface area (Å²) in [6.07, 6.45) is 18.0. The Morgan fingerprint density at radius 2 is 0.950 bits per heavy atom. The van der Waals surface area contributed by atoms with Crippen LogP contribution in [0.2, 0.25) is 0 Å². The van der Waals surface area contributed by atoms with Crippen molar-refractivity contribution in [2.75, 3.05) is 6.54 Å². The maximum atomic E-state index is 5.85.